The van der Waals surface area contributed by atoms with Crippen molar-refractivity contribution in [1.29, 1.82) is 0 Å². The number of rotatable bonds is 7. The summed E-state index contributed by atoms with van der Waals surface area (Å²) in [6.45, 7) is 10.2. The number of piperidine rings is 1. The summed E-state index contributed by atoms with van der Waals surface area (Å²) in [5, 5.41) is 6.56. The first kappa shape index (κ1) is 21.5. The van der Waals surface area contributed by atoms with Crippen LogP contribution in [-0.2, 0) is 4.79 Å². The lowest BCUT2D eigenvalue weighted by atomic mass is 10.0. The van der Waals surface area contributed by atoms with Crippen molar-refractivity contribution in [3.63, 3.8) is 0 Å². The lowest BCUT2D eigenvalue weighted by molar-refractivity contribution is -0.130. The van der Waals surface area contributed by atoms with Gasteiger partial charge in [-0.05, 0) is 32.1 Å². The molecule has 0 atom stereocenters. The average molecular weight is 424 g/mol. The number of carbonyl (C=O) groups excluding carboxylic acids is 1. The number of likely N-dealkylation sites (tertiary alicyclic amines) is 1. The molecule has 5 nitrogen and oxygen atoms in total. The summed E-state index contributed by atoms with van der Waals surface area (Å²) < 4.78 is 0. The molecule has 2 N–H and O–H groups in total. The number of carbonyl (C=O) groups is 1. The second kappa shape index (κ2) is 13.0. The third kappa shape index (κ3) is 8.19. The summed E-state index contributed by atoms with van der Waals surface area (Å²) >= 11 is 0. The molecule has 0 unspecified atom stereocenters. The minimum atomic E-state index is 0. The van der Waals surface area contributed by atoms with Crippen LogP contribution in [0.2, 0.25) is 0 Å². The summed E-state index contributed by atoms with van der Waals surface area (Å²) in [5.74, 6) is 1.57. The van der Waals surface area contributed by atoms with E-state index in [-0.39, 0.29) is 36.4 Å². The van der Waals surface area contributed by atoms with Crippen LogP contribution in [0, 0.1) is 5.92 Å². The van der Waals surface area contributed by atoms with Crippen molar-refractivity contribution in [2.45, 2.75) is 52.9 Å². The number of nitrogens with zero attached hydrogens (tertiary/aromatic N) is 2. The number of aliphatic imine (C=N–C) groups is 1. The highest BCUT2D eigenvalue weighted by molar-refractivity contribution is 14.0. The molecule has 0 spiro atoms. The molecular weight excluding hydrogens is 391 g/mol. The Labute approximate surface area is 152 Å². The minimum Gasteiger partial charge on any atom is -0.357 e. The average Bonchev–Trinajstić information content (AvgIpc) is 2.53. The van der Waals surface area contributed by atoms with Crippen molar-refractivity contribution in [1.82, 2.24) is 15.5 Å². The first-order valence-corrected chi connectivity index (χ1v) is 8.51. The summed E-state index contributed by atoms with van der Waals surface area (Å²) in [6.07, 6.45) is 5.82. The number of nitrogens with one attached hydrogen (secondary N) is 2. The molecule has 1 saturated heterocycles. The predicted molar refractivity (Wildman–Crippen MR) is 104 cm³/mol. The van der Waals surface area contributed by atoms with Gasteiger partial charge in [-0.2, -0.15) is 0 Å². The smallest absolute Gasteiger partial charge is 0.244 e. The van der Waals surface area contributed by atoms with E-state index in [0.717, 1.165) is 57.8 Å². The third-order valence-corrected chi connectivity index (χ3v) is 4.14. The summed E-state index contributed by atoms with van der Waals surface area (Å²) in [5.41, 5.74) is 0. The standard InChI is InChI=1S/C16H32N4O.HI/c1-4-14(5-2)12-18-16(17-6-3)19-13-15(21)20-10-8-7-9-11-20;/h14H,4-13H2,1-3H3,(H2,17,18,19);1H. The highest BCUT2D eigenvalue weighted by Crippen LogP contribution is 2.08. The van der Waals surface area contributed by atoms with Crippen molar-refractivity contribution in [2.24, 2.45) is 10.9 Å². The maximum absolute atomic E-state index is 12.1. The zero-order valence-corrected chi connectivity index (χ0v) is 16.7. The maximum atomic E-state index is 12.1. The van der Waals surface area contributed by atoms with E-state index in [1.807, 2.05) is 11.8 Å². The number of halogens is 1. The van der Waals surface area contributed by atoms with E-state index in [2.05, 4.69) is 29.5 Å². The number of guanidine groups is 1. The normalized spacial score (nSPS) is 15.5. The Kier molecular flexibility index (Phi) is 12.6. The molecule has 1 aliphatic heterocycles. The van der Waals surface area contributed by atoms with Gasteiger partial charge in [0.2, 0.25) is 5.91 Å². The summed E-state index contributed by atoms with van der Waals surface area (Å²) in [7, 11) is 0. The van der Waals surface area contributed by atoms with E-state index >= 15 is 0 Å². The van der Waals surface area contributed by atoms with Crippen LogP contribution >= 0.6 is 24.0 Å². The van der Waals surface area contributed by atoms with Crippen LogP contribution in [-0.4, -0.2) is 49.5 Å². The Morgan fingerprint density at radius 3 is 2.27 bits per heavy atom. The summed E-state index contributed by atoms with van der Waals surface area (Å²) in [4.78, 5) is 18.5. The van der Waals surface area contributed by atoms with Crippen LogP contribution in [0.1, 0.15) is 52.9 Å². The van der Waals surface area contributed by atoms with Crippen LogP contribution < -0.4 is 10.6 Å². The van der Waals surface area contributed by atoms with Crippen LogP contribution in [0.3, 0.4) is 0 Å². The van der Waals surface area contributed by atoms with E-state index in [4.69, 9.17) is 0 Å². The molecule has 1 fully saturated rings. The fraction of sp³-hybridized carbons (Fsp3) is 0.875. The van der Waals surface area contributed by atoms with Crippen LogP contribution in [0.4, 0.5) is 0 Å². The van der Waals surface area contributed by atoms with Gasteiger partial charge in [0.15, 0.2) is 5.96 Å². The number of hydrogen-bond donors (Lipinski definition) is 2. The lowest BCUT2D eigenvalue weighted by Gasteiger charge is -2.26. The van der Waals surface area contributed by atoms with E-state index in [1.165, 1.54) is 6.42 Å². The fourth-order valence-corrected chi connectivity index (χ4v) is 2.55. The molecule has 1 aliphatic rings. The molecule has 22 heavy (non-hydrogen) atoms. The zero-order valence-electron chi connectivity index (χ0n) is 14.4. The van der Waals surface area contributed by atoms with Gasteiger partial charge in [0.1, 0.15) is 6.54 Å². The largest absolute Gasteiger partial charge is 0.357 e. The van der Waals surface area contributed by atoms with Gasteiger partial charge in [0.05, 0.1) is 0 Å². The van der Waals surface area contributed by atoms with Gasteiger partial charge in [-0.3, -0.25) is 4.79 Å². The molecule has 0 aromatic heterocycles. The Hall–Kier alpha value is -0.530. The van der Waals surface area contributed by atoms with Crippen molar-refractivity contribution < 1.29 is 4.79 Å². The van der Waals surface area contributed by atoms with Gasteiger partial charge in [-0.25, -0.2) is 4.99 Å². The molecule has 1 rings (SSSR count). The van der Waals surface area contributed by atoms with Gasteiger partial charge in [0.25, 0.3) is 0 Å². The van der Waals surface area contributed by atoms with E-state index in [0.29, 0.717) is 5.92 Å². The van der Waals surface area contributed by atoms with Crippen molar-refractivity contribution in [3.05, 3.63) is 0 Å². The van der Waals surface area contributed by atoms with Gasteiger partial charge in [-0.15, -0.1) is 24.0 Å². The lowest BCUT2D eigenvalue weighted by Crippen LogP contribution is -2.41. The number of amides is 1. The van der Waals surface area contributed by atoms with Gasteiger partial charge in [0, 0.05) is 26.2 Å². The van der Waals surface area contributed by atoms with Gasteiger partial charge >= 0.3 is 0 Å². The second-order valence-corrected chi connectivity index (χ2v) is 5.70. The van der Waals surface area contributed by atoms with E-state index < -0.39 is 0 Å². The Balaban J connectivity index is 0.00000441. The molecule has 0 saturated carbocycles. The van der Waals surface area contributed by atoms with E-state index in [1.54, 1.807) is 0 Å². The fourth-order valence-electron chi connectivity index (χ4n) is 2.55. The van der Waals surface area contributed by atoms with Crippen molar-refractivity contribution in [2.75, 3.05) is 32.7 Å². The Bertz CT molecular complexity index is 326. The van der Waals surface area contributed by atoms with Crippen LogP contribution in [0.5, 0.6) is 0 Å². The first-order valence-electron chi connectivity index (χ1n) is 8.51. The minimum absolute atomic E-state index is 0. The zero-order chi connectivity index (χ0) is 15.5. The predicted octanol–water partition coefficient (Wildman–Crippen LogP) is 2.61. The topological polar surface area (TPSA) is 56.7 Å². The molecule has 6 heteroatoms. The van der Waals surface area contributed by atoms with Crippen LogP contribution in [0.15, 0.2) is 4.99 Å². The van der Waals surface area contributed by atoms with Crippen molar-refractivity contribution in [3.8, 4) is 0 Å². The highest BCUT2D eigenvalue weighted by Gasteiger charge is 2.16. The highest BCUT2D eigenvalue weighted by atomic mass is 127. The van der Waals surface area contributed by atoms with Gasteiger partial charge in [-0.1, -0.05) is 26.7 Å². The molecule has 1 heterocycles. The third-order valence-electron chi connectivity index (χ3n) is 4.14. The monoisotopic (exact) mass is 424 g/mol. The molecular formula is C16H33IN4O. The molecule has 0 aromatic carbocycles. The Morgan fingerprint density at radius 1 is 1.09 bits per heavy atom. The molecule has 0 bridgehead atoms. The quantitative estimate of drug-likeness (QED) is 0.375. The summed E-state index contributed by atoms with van der Waals surface area (Å²) in [6, 6.07) is 0. The molecule has 0 aromatic rings. The number of hydrogen-bond acceptors (Lipinski definition) is 2. The molecule has 130 valence electrons. The van der Waals surface area contributed by atoms with Gasteiger partial charge < -0.3 is 15.5 Å². The molecule has 0 radical (unpaired) electrons. The maximum Gasteiger partial charge on any atom is 0.244 e. The second-order valence-electron chi connectivity index (χ2n) is 5.70. The molecule has 1 amide bonds. The first-order chi connectivity index (χ1) is 10.2. The van der Waals surface area contributed by atoms with Crippen molar-refractivity contribution >= 4 is 35.8 Å². The Morgan fingerprint density at radius 2 is 1.73 bits per heavy atom. The molecule has 0 aliphatic carbocycles. The SMILES string of the molecule is CCNC(=NCC(=O)N1CCCCC1)NCC(CC)CC.I. The van der Waals surface area contributed by atoms with E-state index in [9.17, 15) is 4.79 Å². The van der Waals surface area contributed by atoms with Crippen LogP contribution in [0.25, 0.3) is 0 Å².